The SMILES string of the molecule is Cc1nc(=O)c(F)cn1Cc1ccc(F)cc1. The largest absolute Gasteiger partial charge is 0.329 e. The highest BCUT2D eigenvalue weighted by molar-refractivity contribution is 5.17. The first-order valence-corrected chi connectivity index (χ1v) is 5.04. The van der Waals surface area contributed by atoms with E-state index in [4.69, 9.17) is 0 Å². The third-order valence-corrected chi connectivity index (χ3v) is 2.42. The van der Waals surface area contributed by atoms with Crippen LogP contribution >= 0.6 is 0 Å². The molecule has 0 fully saturated rings. The van der Waals surface area contributed by atoms with E-state index in [0.29, 0.717) is 12.4 Å². The predicted octanol–water partition coefficient (Wildman–Crippen LogP) is 1.88. The van der Waals surface area contributed by atoms with Gasteiger partial charge in [-0.25, -0.2) is 4.39 Å². The average Bonchev–Trinajstić information content (AvgIpc) is 2.29. The summed E-state index contributed by atoms with van der Waals surface area (Å²) in [6.45, 7) is 1.96. The van der Waals surface area contributed by atoms with Gasteiger partial charge in [-0.15, -0.1) is 0 Å². The molecule has 88 valence electrons. The smallest absolute Gasteiger partial charge is 0.308 e. The molecule has 0 atom stereocenters. The topological polar surface area (TPSA) is 34.9 Å². The number of hydrogen-bond acceptors (Lipinski definition) is 2. The number of aryl methyl sites for hydroxylation is 1. The molecule has 5 heteroatoms. The van der Waals surface area contributed by atoms with Crippen molar-refractivity contribution in [2.45, 2.75) is 13.5 Å². The zero-order valence-corrected chi connectivity index (χ0v) is 9.15. The van der Waals surface area contributed by atoms with Crippen molar-refractivity contribution in [2.24, 2.45) is 0 Å². The molecule has 17 heavy (non-hydrogen) atoms. The monoisotopic (exact) mass is 236 g/mol. The van der Waals surface area contributed by atoms with Gasteiger partial charge in [-0.3, -0.25) is 4.79 Å². The number of aromatic nitrogens is 2. The number of rotatable bonds is 2. The number of hydrogen-bond donors (Lipinski definition) is 0. The van der Waals surface area contributed by atoms with Crippen LogP contribution in [0.4, 0.5) is 8.78 Å². The van der Waals surface area contributed by atoms with Crippen molar-refractivity contribution in [3.05, 3.63) is 63.8 Å². The van der Waals surface area contributed by atoms with Crippen LogP contribution < -0.4 is 5.56 Å². The first-order chi connectivity index (χ1) is 8.06. The van der Waals surface area contributed by atoms with Gasteiger partial charge in [0.2, 0.25) is 5.82 Å². The molecular weight excluding hydrogens is 226 g/mol. The van der Waals surface area contributed by atoms with Crippen LogP contribution in [0.25, 0.3) is 0 Å². The Balaban J connectivity index is 2.33. The molecule has 3 nitrogen and oxygen atoms in total. The van der Waals surface area contributed by atoms with Gasteiger partial charge >= 0.3 is 5.56 Å². The van der Waals surface area contributed by atoms with E-state index >= 15 is 0 Å². The highest BCUT2D eigenvalue weighted by atomic mass is 19.1. The maximum atomic E-state index is 13.1. The van der Waals surface area contributed by atoms with Crippen molar-refractivity contribution in [1.82, 2.24) is 9.55 Å². The summed E-state index contributed by atoms with van der Waals surface area (Å²) in [5, 5.41) is 0. The van der Waals surface area contributed by atoms with Crippen molar-refractivity contribution >= 4 is 0 Å². The standard InChI is InChI=1S/C12H10F2N2O/c1-8-15-12(17)11(14)7-16(8)6-9-2-4-10(13)5-3-9/h2-5,7H,6H2,1H3. The lowest BCUT2D eigenvalue weighted by Gasteiger charge is -2.09. The average molecular weight is 236 g/mol. The van der Waals surface area contributed by atoms with Gasteiger partial charge in [-0.05, 0) is 24.6 Å². The molecule has 0 aliphatic carbocycles. The van der Waals surface area contributed by atoms with Crippen molar-refractivity contribution in [1.29, 1.82) is 0 Å². The van der Waals surface area contributed by atoms with E-state index in [9.17, 15) is 13.6 Å². The molecule has 0 aliphatic rings. The Labute approximate surface area is 96.4 Å². The van der Waals surface area contributed by atoms with Crippen LogP contribution in [0.3, 0.4) is 0 Å². The van der Waals surface area contributed by atoms with Crippen molar-refractivity contribution in [2.75, 3.05) is 0 Å². The van der Waals surface area contributed by atoms with Crippen molar-refractivity contribution in [3.8, 4) is 0 Å². The second-order valence-electron chi connectivity index (χ2n) is 3.70. The molecule has 0 saturated heterocycles. The first kappa shape index (κ1) is 11.4. The summed E-state index contributed by atoms with van der Waals surface area (Å²) in [5.74, 6) is -0.798. The third-order valence-electron chi connectivity index (χ3n) is 2.42. The molecule has 0 bridgehead atoms. The molecule has 1 aromatic carbocycles. The van der Waals surface area contributed by atoms with Crippen molar-refractivity contribution in [3.63, 3.8) is 0 Å². The normalized spacial score (nSPS) is 10.5. The lowest BCUT2D eigenvalue weighted by atomic mass is 10.2. The van der Waals surface area contributed by atoms with E-state index in [-0.39, 0.29) is 5.82 Å². The summed E-state index contributed by atoms with van der Waals surface area (Å²) in [6, 6.07) is 5.86. The molecule has 0 unspecified atom stereocenters. The molecule has 2 rings (SSSR count). The van der Waals surface area contributed by atoms with Gasteiger partial charge in [0.1, 0.15) is 11.6 Å². The van der Waals surface area contributed by atoms with Crippen molar-refractivity contribution < 1.29 is 8.78 Å². The molecule has 1 heterocycles. The second-order valence-corrected chi connectivity index (χ2v) is 3.70. The van der Waals surface area contributed by atoms with Crippen LogP contribution in [-0.2, 0) is 6.54 Å². The van der Waals surface area contributed by atoms with Gasteiger partial charge in [-0.2, -0.15) is 9.37 Å². The van der Waals surface area contributed by atoms with Gasteiger partial charge < -0.3 is 4.57 Å². The summed E-state index contributed by atoms with van der Waals surface area (Å²) in [5.41, 5.74) is -0.0581. The number of nitrogens with zero attached hydrogens (tertiary/aromatic N) is 2. The molecule has 1 aromatic heterocycles. The van der Waals surface area contributed by atoms with E-state index < -0.39 is 11.4 Å². The fourth-order valence-electron chi connectivity index (χ4n) is 1.50. The maximum absolute atomic E-state index is 13.1. The van der Waals surface area contributed by atoms with Crippen LogP contribution in [0.2, 0.25) is 0 Å². The number of benzene rings is 1. The van der Waals surface area contributed by atoms with Gasteiger partial charge in [0.25, 0.3) is 0 Å². The van der Waals surface area contributed by atoms with Gasteiger partial charge in [0, 0.05) is 12.7 Å². The zero-order chi connectivity index (χ0) is 12.4. The Kier molecular flexibility index (Phi) is 2.99. The van der Waals surface area contributed by atoms with Crippen LogP contribution in [0.1, 0.15) is 11.4 Å². The fraction of sp³-hybridized carbons (Fsp3) is 0.167. The molecular formula is C12H10F2N2O. The minimum absolute atomic E-state index is 0.324. The van der Waals surface area contributed by atoms with E-state index in [1.54, 1.807) is 19.1 Å². The fourth-order valence-corrected chi connectivity index (χ4v) is 1.50. The third kappa shape index (κ3) is 2.55. The summed E-state index contributed by atoms with van der Waals surface area (Å²) >= 11 is 0. The Morgan fingerprint density at radius 2 is 1.88 bits per heavy atom. The minimum atomic E-state index is -0.891. The molecule has 0 spiro atoms. The number of halogens is 2. The summed E-state index contributed by atoms with van der Waals surface area (Å²) in [6.07, 6.45) is 1.11. The summed E-state index contributed by atoms with van der Waals surface area (Å²) < 4.78 is 27.3. The highest BCUT2D eigenvalue weighted by Crippen LogP contribution is 2.06. The first-order valence-electron chi connectivity index (χ1n) is 5.04. The van der Waals surface area contributed by atoms with Crippen LogP contribution in [-0.4, -0.2) is 9.55 Å². The quantitative estimate of drug-likeness (QED) is 0.798. The predicted molar refractivity (Wildman–Crippen MR) is 58.7 cm³/mol. The molecule has 0 radical (unpaired) electrons. The van der Waals surface area contributed by atoms with Crippen LogP contribution in [0, 0.1) is 18.6 Å². The Bertz CT molecular complexity index is 590. The lowest BCUT2D eigenvalue weighted by molar-refractivity contribution is 0.566. The zero-order valence-electron chi connectivity index (χ0n) is 9.15. The van der Waals surface area contributed by atoms with E-state index in [1.807, 2.05) is 0 Å². The molecule has 2 aromatic rings. The maximum Gasteiger partial charge on any atom is 0.308 e. The van der Waals surface area contributed by atoms with Gasteiger partial charge in [-0.1, -0.05) is 12.1 Å². The molecule has 0 amide bonds. The molecule has 0 saturated carbocycles. The molecule has 0 N–H and O–H groups in total. The Morgan fingerprint density at radius 3 is 2.53 bits per heavy atom. The van der Waals surface area contributed by atoms with E-state index in [2.05, 4.69) is 4.98 Å². The van der Waals surface area contributed by atoms with Crippen LogP contribution in [0.15, 0.2) is 35.3 Å². The molecule has 0 aliphatic heterocycles. The second kappa shape index (κ2) is 4.45. The lowest BCUT2D eigenvalue weighted by Crippen LogP contribution is -2.19. The van der Waals surface area contributed by atoms with E-state index in [0.717, 1.165) is 11.8 Å². The van der Waals surface area contributed by atoms with Gasteiger partial charge in [0.05, 0.1) is 0 Å². The minimum Gasteiger partial charge on any atom is -0.329 e. The summed E-state index contributed by atoms with van der Waals surface area (Å²) in [4.78, 5) is 14.5. The Morgan fingerprint density at radius 1 is 1.24 bits per heavy atom. The summed E-state index contributed by atoms with van der Waals surface area (Å²) in [7, 11) is 0. The Hall–Kier alpha value is -2.04. The van der Waals surface area contributed by atoms with E-state index in [1.165, 1.54) is 16.7 Å². The highest BCUT2D eigenvalue weighted by Gasteiger charge is 2.05. The van der Waals surface area contributed by atoms with Crippen LogP contribution in [0.5, 0.6) is 0 Å². The van der Waals surface area contributed by atoms with Gasteiger partial charge in [0.15, 0.2) is 0 Å².